The minimum Gasteiger partial charge on any atom is -0.453 e. The monoisotopic (exact) mass is 873 g/mol. The van der Waals surface area contributed by atoms with E-state index in [0.717, 1.165) is 75.0 Å². The summed E-state index contributed by atoms with van der Waals surface area (Å²) in [5.41, 5.74) is 7.35. The van der Waals surface area contributed by atoms with Crippen LogP contribution in [0.4, 0.5) is 9.59 Å². The molecule has 4 aliphatic rings. The molecule has 1 aliphatic carbocycles. The van der Waals surface area contributed by atoms with E-state index in [-0.39, 0.29) is 40.5 Å². The van der Waals surface area contributed by atoms with E-state index in [4.69, 9.17) is 19.2 Å². The van der Waals surface area contributed by atoms with Crippen molar-refractivity contribution in [2.45, 2.75) is 69.5 Å². The second kappa shape index (κ2) is 17.8. The van der Waals surface area contributed by atoms with Crippen LogP contribution in [0.15, 0.2) is 79.1 Å². The number of imidazole rings is 1. The Bertz CT molecular complexity index is 2490. The number of methoxy groups -OCH3 is 2. The van der Waals surface area contributed by atoms with Crippen LogP contribution in [0.2, 0.25) is 0 Å². The lowest BCUT2D eigenvalue weighted by Crippen LogP contribution is -2.53. The summed E-state index contributed by atoms with van der Waals surface area (Å²) >= 11 is 1.66. The molecule has 4 atom stereocenters. The standard InChI is InChI=1S/C48H55N7O7S/c1-28(2)40(52-46(58)60-3)43(56)55-27-48(15-16-48)24-39(55)37-23-36(25-49-37)35-12-11-33-21-32(9-10-34(33)22-35)29-5-7-30(8-6-29)38-26-50-42(51-38)45-54(17-20-63-45)44(57)41(53-47(59)61-4)31-13-18-62-19-14-31/h5-12,21-23,25-26,28,31,39-41,45,49H,13-20,24,27H2,1-4H3,(H,50,51)(H,52,58)(H,53,59). The molecule has 1 spiro atoms. The van der Waals surface area contributed by atoms with Crippen LogP contribution in [0.25, 0.3) is 44.3 Å². The number of rotatable bonds is 11. The maximum atomic E-state index is 14.0. The number of nitrogens with zero attached hydrogens (tertiary/aromatic N) is 3. The summed E-state index contributed by atoms with van der Waals surface area (Å²) in [5, 5.41) is 7.54. The number of aromatic nitrogens is 3. The van der Waals surface area contributed by atoms with Crippen LogP contribution in [0.3, 0.4) is 0 Å². The zero-order valence-corrected chi connectivity index (χ0v) is 37.0. The molecule has 14 nitrogen and oxygen atoms in total. The Labute approximate surface area is 371 Å². The van der Waals surface area contributed by atoms with Gasteiger partial charge >= 0.3 is 12.2 Å². The number of benzene rings is 3. The fourth-order valence-electron chi connectivity index (χ4n) is 9.53. The molecule has 0 bridgehead atoms. The molecule has 9 rings (SSSR count). The molecule has 3 aromatic carbocycles. The number of hydrogen-bond acceptors (Lipinski definition) is 9. The number of hydrogen-bond donors (Lipinski definition) is 4. The van der Waals surface area contributed by atoms with Crippen LogP contribution in [-0.4, -0.2) is 107 Å². The van der Waals surface area contributed by atoms with Crippen LogP contribution >= 0.6 is 11.8 Å². The molecule has 4 unspecified atom stereocenters. The van der Waals surface area contributed by atoms with Crippen LogP contribution in [0.5, 0.6) is 0 Å². The van der Waals surface area contributed by atoms with Gasteiger partial charge in [-0.2, -0.15) is 0 Å². The van der Waals surface area contributed by atoms with Crippen molar-refractivity contribution in [2.75, 3.05) is 46.3 Å². The molecule has 4 N–H and O–H groups in total. The molecule has 4 amide bonds. The van der Waals surface area contributed by atoms with Crippen molar-refractivity contribution in [1.82, 2.24) is 35.4 Å². The zero-order chi connectivity index (χ0) is 43.8. The van der Waals surface area contributed by atoms with E-state index >= 15 is 0 Å². The highest BCUT2D eigenvalue weighted by atomic mass is 32.2. The second-order valence-corrected chi connectivity index (χ2v) is 18.9. The normalized spacial score (nSPS) is 20.5. The van der Waals surface area contributed by atoms with Gasteiger partial charge in [0.25, 0.3) is 0 Å². The molecule has 2 aromatic heterocycles. The Hall–Kier alpha value is -5.80. The van der Waals surface area contributed by atoms with E-state index in [0.29, 0.717) is 45.0 Å². The average molecular weight is 874 g/mol. The molecule has 1 saturated carbocycles. The summed E-state index contributed by atoms with van der Waals surface area (Å²) in [7, 11) is 2.62. The smallest absolute Gasteiger partial charge is 0.407 e. The van der Waals surface area contributed by atoms with Crippen molar-refractivity contribution >= 4 is 46.5 Å². The first-order valence-corrected chi connectivity index (χ1v) is 23.0. The lowest BCUT2D eigenvalue weighted by atomic mass is 9.90. The van der Waals surface area contributed by atoms with Crippen LogP contribution in [0, 0.1) is 17.3 Å². The van der Waals surface area contributed by atoms with Crippen molar-refractivity contribution in [1.29, 1.82) is 0 Å². The molecule has 15 heteroatoms. The van der Waals surface area contributed by atoms with Crippen molar-refractivity contribution in [3.63, 3.8) is 0 Å². The number of alkyl carbamates (subject to hydrolysis) is 2. The van der Waals surface area contributed by atoms with Crippen LogP contribution in [-0.2, 0) is 23.8 Å². The van der Waals surface area contributed by atoms with Gasteiger partial charge in [-0.1, -0.05) is 62.4 Å². The summed E-state index contributed by atoms with van der Waals surface area (Å²) in [6.07, 6.45) is 7.14. The maximum absolute atomic E-state index is 14.0. The molecule has 5 heterocycles. The third kappa shape index (κ3) is 8.77. The first kappa shape index (κ1) is 42.5. The van der Waals surface area contributed by atoms with Gasteiger partial charge in [-0.15, -0.1) is 11.8 Å². The Morgan fingerprint density at radius 2 is 1.48 bits per heavy atom. The molecular formula is C48H55N7O7S. The third-order valence-corrected chi connectivity index (χ3v) is 14.6. The summed E-state index contributed by atoms with van der Waals surface area (Å²) in [6, 6.07) is 22.1. The number of amides is 4. The topological polar surface area (TPSA) is 171 Å². The zero-order valence-electron chi connectivity index (χ0n) is 36.1. The van der Waals surface area contributed by atoms with Gasteiger partial charge in [0.1, 0.15) is 23.3 Å². The van der Waals surface area contributed by atoms with Crippen molar-refractivity contribution in [3.8, 4) is 33.5 Å². The van der Waals surface area contributed by atoms with E-state index < -0.39 is 24.3 Å². The number of likely N-dealkylation sites (tertiary alicyclic amines) is 1. The molecule has 330 valence electrons. The van der Waals surface area contributed by atoms with Gasteiger partial charge in [-0.05, 0) is 106 Å². The maximum Gasteiger partial charge on any atom is 0.407 e. The molecule has 3 aliphatic heterocycles. The number of thioether (sulfide) groups is 1. The lowest BCUT2D eigenvalue weighted by Gasteiger charge is -2.33. The number of aromatic amines is 2. The fraction of sp³-hybridized carbons (Fsp3) is 0.438. The first-order chi connectivity index (χ1) is 30.5. The molecule has 4 fully saturated rings. The number of nitrogens with one attached hydrogen (secondary N) is 4. The summed E-state index contributed by atoms with van der Waals surface area (Å²) < 4.78 is 15.2. The quantitative estimate of drug-likeness (QED) is 0.103. The number of H-pyrrole nitrogens is 2. The highest BCUT2D eigenvalue weighted by molar-refractivity contribution is 7.99. The fourth-order valence-corrected chi connectivity index (χ4v) is 10.7. The van der Waals surface area contributed by atoms with Gasteiger partial charge in [-0.25, -0.2) is 14.6 Å². The minimum absolute atomic E-state index is 0.0334. The predicted molar refractivity (Wildman–Crippen MR) is 241 cm³/mol. The summed E-state index contributed by atoms with van der Waals surface area (Å²) in [4.78, 5) is 67.8. The minimum atomic E-state index is -0.694. The Kier molecular flexibility index (Phi) is 12.0. The van der Waals surface area contributed by atoms with E-state index in [1.165, 1.54) is 14.2 Å². The Morgan fingerprint density at radius 3 is 2.14 bits per heavy atom. The number of carbonyl (C=O) groups excluding carboxylic acids is 4. The summed E-state index contributed by atoms with van der Waals surface area (Å²) in [5.74, 6) is 1.15. The van der Waals surface area contributed by atoms with Crippen LogP contribution in [0.1, 0.15) is 68.9 Å². The SMILES string of the molecule is COC(=O)NC(C(=O)N1CC2(CC2)CC1c1cc(-c2ccc3cc(-c4ccc(-c5cnc(C6SCCN6C(=O)C(NC(=O)OC)C6CCOCC6)[nH]5)cc4)ccc3c2)c[nH]1)C(C)C. The number of ether oxygens (including phenoxy) is 3. The van der Waals surface area contributed by atoms with Crippen molar-refractivity contribution < 1.29 is 33.4 Å². The number of fused-ring (bicyclic) bond motifs is 1. The van der Waals surface area contributed by atoms with Gasteiger partial charge in [0.05, 0.1) is 32.2 Å². The Morgan fingerprint density at radius 1 is 0.825 bits per heavy atom. The molecule has 63 heavy (non-hydrogen) atoms. The lowest BCUT2D eigenvalue weighted by molar-refractivity contribution is -0.136. The first-order valence-electron chi connectivity index (χ1n) is 21.9. The van der Waals surface area contributed by atoms with Crippen molar-refractivity contribution in [2.24, 2.45) is 17.3 Å². The molecular weight excluding hydrogens is 819 g/mol. The van der Waals surface area contributed by atoms with Gasteiger partial charge in [0.2, 0.25) is 11.8 Å². The van der Waals surface area contributed by atoms with Gasteiger partial charge in [0, 0.05) is 43.9 Å². The van der Waals surface area contributed by atoms with Crippen LogP contribution < -0.4 is 10.6 Å². The highest BCUT2D eigenvalue weighted by Gasteiger charge is 2.55. The third-order valence-electron chi connectivity index (χ3n) is 13.4. The summed E-state index contributed by atoms with van der Waals surface area (Å²) in [6.45, 7) is 6.25. The van der Waals surface area contributed by atoms with E-state index in [2.05, 4.69) is 87.3 Å². The van der Waals surface area contributed by atoms with E-state index in [9.17, 15) is 19.2 Å². The molecule has 3 saturated heterocycles. The van der Waals surface area contributed by atoms with E-state index in [1.54, 1.807) is 11.8 Å². The van der Waals surface area contributed by atoms with Gasteiger partial charge < -0.3 is 44.6 Å². The van der Waals surface area contributed by atoms with Gasteiger partial charge in [0.15, 0.2) is 0 Å². The molecule has 5 aromatic rings. The Balaban J connectivity index is 0.875. The largest absolute Gasteiger partial charge is 0.453 e. The highest BCUT2D eigenvalue weighted by Crippen LogP contribution is 2.58. The number of carbonyl (C=O) groups is 4. The molecule has 0 radical (unpaired) electrons. The average Bonchev–Trinajstić information content (AvgIpc) is 3.85. The van der Waals surface area contributed by atoms with Gasteiger partial charge in [-0.3, -0.25) is 9.59 Å². The second-order valence-electron chi connectivity index (χ2n) is 17.7. The predicted octanol–water partition coefficient (Wildman–Crippen LogP) is 8.05. The van der Waals surface area contributed by atoms with E-state index in [1.807, 2.05) is 36.0 Å². The van der Waals surface area contributed by atoms with Crippen molar-refractivity contribution in [3.05, 3.63) is 90.6 Å².